The van der Waals surface area contributed by atoms with E-state index in [-0.39, 0.29) is 11.7 Å². The Bertz CT molecular complexity index is 1010. The Balaban J connectivity index is 1.59. The minimum absolute atomic E-state index is 0.153. The van der Waals surface area contributed by atoms with Crippen LogP contribution in [-0.4, -0.2) is 16.6 Å². The highest BCUT2D eigenvalue weighted by molar-refractivity contribution is 8.00. The Hall–Kier alpha value is -3.00. The van der Waals surface area contributed by atoms with Gasteiger partial charge in [-0.3, -0.25) is 14.7 Å². The van der Waals surface area contributed by atoms with Crippen LogP contribution in [0.25, 0.3) is 0 Å². The molecule has 0 bridgehead atoms. The second kappa shape index (κ2) is 7.79. The number of pyridine rings is 1. The maximum Gasteiger partial charge on any atom is 0.416 e. The third-order valence-electron chi connectivity index (χ3n) is 4.37. The smallest absolute Gasteiger partial charge is 0.416 e. The van der Waals surface area contributed by atoms with E-state index in [0.717, 1.165) is 12.1 Å². The van der Waals surface area contributed by atoms with Gasteiger partial charge in [-0.2, -0.15) is 13.2 Å². The summed E-state index contributed by atoms with van der Waals surface area (Å²) < 4.78 is 44.9. The van der Waals surface area contributed by atoms with E-state index in [9.17, 15) is 18.0 Å². The van der Waals surface area contributed by atoms with Crippen molar-refractivity contribution in [3.05, 3.63) is 84.2 Å². The summed E-state index contributed by atoms with van der Waals surface area (Å²) >= 11 is 1.30. The third kappa shape index (κ3) is 4.22. The van der Waals surface area contributed by atoms with Gasteiger partial charge < -0.3 is 4.74 Å². The first-order chi connectivity index (χ1) is 13.9. The van der Waals surface area contributed by atoms with Crippen molar-refractivity contribution in [2.24, 2.45) is 0 Å². The van der Waals surface area contributed by atoms with Crippen LogP contribution in [0.1, 0.15) is 16.5 Å². The molecular formula is C21H15F3N2O2S. The van der Waals surface area contributed by atoms with E-state index in [4.69, 9.17) is 4.74 Å². The highest BCUT2D eigenvalue weighted by atomic mass is 32.2. The molecule has 1 atom stereocenters. The molecule has 0 spiro atoms. The van der Waals surface area contributed by atoms with Gasteiger partial charge in [-0.05, 0) is 54.1 Å². The van der Waals surface area contributed by atoms with Gasteiger partial charge in [0, 0.05) is 18.1 Å². The van der Waals surface area contributed by atoms with Gasteiger partial charge in [0.05, 0.1) is 11.3 Å². The minimum atomic E-state index is -4.43. The lowest BCUT2D eigenvalue weighted by Gasteiger charge is -2.25. The summed E-state index contributed by atoms with van der Waals surface area (Å²) in [6, 6.07) is 15.4. The van der Waals surface area contributed by atoms with E-state index < -0.39 is 17.1 Å². The molecule has 4 nitrogen and oxygen atoms in total. The minimum Gasteiger partial charge on any atom is -0.457 e. The molecule has 1 amide bonds. The Morgan fingerprint density at radius 2 is 1.69 bits per heavy atom. The van der Waals surface area contributed by atoms with Crippen LogP contribution < -0.4 is 9.64 Å². The van der Waals surface area contributed by atoms with Gasteiger partial charge in [0.2, 0.25) is 5.91 Å². The Morgan fingerprint density at radius 3 is 2.38 bits per heavy atom. The number of rotatable bonds is 4. The zero-order valence-electron chi connectivity index (χ0n) is 15.0. The molecule has 0 aliphatic carbocycles. The van der Waals surface area contributed by atoms with Gasteiger partial charge in [0.15, 0.2) is 0 Å². The molecule has 0 saturated carbocycles. The van der Waals surface area contributed by atoms with Crippen molar-refractivity contribution in [3.63, 3.8) is 0 Å². The van der Waals surface area contributed by atoms with Crippen molar-refractivity contribution in [2.75, 3.05) is 10.7 Å². The molecule has 2 heterocycles. The van der Waals surface area contributed by atoms with Crippen LogP contribution >= 0.6 is 11.8 Å². The average Bonchev–Trinajstić information content (AvgIpc) is 3.10. The average molecular weight is 416 g/mol. The molecular weight excluding hydrogens is 401 g/mol. The van der Waals surface area contributed by atoms with Crippen LogP contribution in [0.3, 0.4) is 0 Å². The number of carbonyl (C=O) groups is 1. The Kier molecular flexibility index (Phi) is 5.19. The molecule has 8 heteroatoms. The topological polar surface area (TPSA) is 42.4 Å². The predicted molar refractivity (Wildman–Crippen MR) is 105 cm³/mol. The second-order valence-corrected chi connectivity index (χ2v) is 7.40. The van der Waals surface area contributed by atoms with E-state index in [1.165, 1.54) is 22.7 Å². The fourth-order valence-corrected chi connectivity index (χ4v) is 4.20. The number of hydrogen-bond donors (Lipinski definition) is 0. The lowest BCUT2D eigenvalue weighted by atomic mass is 10.1. The molecule has 1 aliphatic rings. The lowest BCUT2D eigenvalue weighted by molar-refractivity contribution is -0.137. The Labute approximate surface area is 169 Å². The summed E-state index contributed by atoms with van der Waals surface area (Å²) in [4.78, 5) is 17.9. The van der Waals surface area contributed by atoms with Gasteiger partial charge in [-0.1, -0.05) is 12.1 Å². The largest absolute Gasteiger partial charge is 0.457 e. The number of halogens is 3. The van der Waals surface area contributed by atoms with E-state index in [0.29, 0.717) is 22.7 Å². The fraction of sp³-hybridized carbons (Fsp3) is 0.143. The van der Waals surface area contributed by atoms with Crippen molar-refractivity contribution in [3.8, 4) is 11.5 Å². The first-order valence-electron chi connectivity index (χ1n) is 8.70. The molecule has 29 heavy (non-hydrogen) atoms. The number of thioether (sulfide) groups is 1. The van der Waals surface area contributed by atoms with E-state index in [1.54, 1.807) is 54.9 Å². The van der Waals surface area contributed by atoms with Crippen molar-refractivity contribution < 1.29 is 22.7 Å². The Morgan fingerprint density at radius 1 is 1.00 bits per heavy atom. The first-order valence-corrected chi connectivity index (χ1v) is 9.75. The molecule has 3 aromatic rings. The number of carbonyl (C=O) groups excluding carboxylic acids is 1. The number of ether oxygens (including phenoxy) is 1. The molecule has 2 aromatic carbocycles. The summed E-state index contributed by atoms with van der Waals surface area (Å²) in [5, 5.41) is -0.517. The number of aromatic nitrogens is 1. The zero-order valence-corrected chi connectivity index (χ0v) is 15.8. The van der Waals surface area contributed by atoms with Crippen LogP contribution in [0, 0.1) is 0 Å². The van der Waals surface area contributed by atoms with Gasteiger partial charge in [0.1, 0.15) is 16.9 Å². The standard InChI is InChI=1S/C21H15F3N2O2S/c22-21(23,24)15-3-1-2-14(12-15)20-26(19(27)13-29-20)16-4-6-17(7-5-16)28-18-8-10-25-11-9-18/h1-12,20H,13H2. The maximum atomic E-state index is 13.1. The van der Waals surface area contributed by atoms with Gasteiger partial charge in [-0.25, -0.2) is 0 Å². The van der Waals surface area contributed by atoms with Crippen molar-refractivity contribution in [2.45, 2.75) is 11.6 Å². The maximum absolute atomic E-state index is 13.1. The molecule has 1 aromatic heterocycles. The fourth-order valence-electron chi connectivity index (χ4n) is 3.04. The molecule has 0 N–H and O–H groups in total. The highest BCUT2D eigenvalue weighted by Crippen LogP contribution is 2.43. The molecule has 4 rings (SSSR count). The van der Waals surface area contributed by atoms with Crippen LogP contribution in [-0.2, 0) is 11.0 Å². The molecule has 1 fully saturated rings. The highest BCUT2D eigenvalue weighted by Gasteiger charge is 2.36. The van der Waals surface area contributed by atoms with Crippen LogP contribution in [0.5, 0.6) is 11.5 Å². The second-order valence-electron chi connectivity index (χ2n) is 6.33. The molecule has 1 saturated heterocycles. The van der Waals surface area contributed by atoms with E-state index in [1.807, 2.05) is 0 Å². The number of hydrogen-bond acceptors (Lipinski definition) is 4. The zero-order chi connectivity index (χ0) is 20.4. The number of benzene rings is 2. The van der Waals surface area contributed by atoms with Crippen molar-refractivity contribution in [1.82, 2.24) is 4.98 Å². The summed E-state index contributed by atoms with van der Waals surface area (Å²) in [5.41, 5.74) is 0.313. The van der Waals surface area contributed by atoms with Gasteiger partial charge >= 0.3 is 6.18 Å². The van der Waals surface area contributed by atoms with Gasteiger partial charge in [0.25, 0.3) is 0 Å². The van der Waals surface area contributed by atoms with Crippen LogP contribution in [0.4, 0.5) is 18.9 Å². The number of nitrogens with zero attached hydrogens (tertiary/aromatic N) is 2. The van der Waals surface area contributed by atoms with E-state index in [2.05, 4.69) is 4.98 Å². The summed E-state index contributed by atoms with van der Waals surface area (Å²) in [6.07, 6.45) is -1.20. The van der Waals surface area contributed by atoms with Crippen LogP contribution in [0.15, 0.2) is 73.1 Å². The molecule has 1 unspecified atom stereocenters. The quantitative estimate of drug-likeness (QED) is 0.550. The molecule has 1 aliphatic heterocycles. The predicted octanol–water partition coefficient (Wildman–Crippen LogP) is 5.67. The SMILES string of the molecule is O=C1CSC(c2cccc(C(F)(F)F)c2)N1c1ccc(Oc2ccncc2)cc1. The summed E-state index contributed by atoms with van der Waals surface area (Å²) in [7, 11) is 0. The summed E-state index contributed by atoms with van der Waals surface area (Å²) in [6.45, 7) is 0. The third-order valence-corrected chi connectivity index (χ3v) is 5.58. The first kappa shape index (κ1) is 19.3. The van der Waals surface area contributed by atoms with E-state index >= 15 is 0 Å². The number of alkyl halides is 3. The van der Waals surface area contributed by atoms with Crippen molar-refractivity contribution >= 4 is 23.4 Å². The monoisotopic (exact) mass is 416 g/mol. The molecule has 148 valence electrons. The van der Waals surface area contributed by atoms with Gasteiger partial charge in [-0.15, -0.1) is 11.8 Å². The summed E-state index contributed by atoms with van der Waals surface area (Å²) in [5.74, 6) is 1.26. The van der Waals surface area contributed by atoms with Crippen molar-refractivity contribution in [1.29, 1.82) is 0 Å². The normalized spacial score (nSPS) is 16.9. The number of amides is 1. The molecule has 0 radical (unpaired) electrons. The number of anilines is 1. The lowest BCUT2D eigenvalue weighted by Crippen LogP contribution is -2.27. The van der Waals surface area contributed by atoms with Crippen LogP contribution in [0.2, 0.25) is 0 Å².